The molecule has 0 radical (unpaired) electrons. The Hall–Kier alpha value is -0.810. The average Bonchev–Trinajstić information content (AvgIpc) is 2.18. The maximum absolute atomic E-state index is 11.4. The first kappa shape index (κ1) is 14.2. The summed E-state index contributed by atoms with van der Waals surface area (Å²) in [5, 5.41) is 14.4. The summed E-state index contributed by atoms with van der Waals surface area (Å²) in [6.45, 7) is 4.95. The summed E-state index contributed by atoms with van der Waals surface area (Å²) in [6.07, 6.45) is 1.34. The van der Waals surface area contributed by atoms with E-state index in [0.717, 1.165) is 6.42 Å². The molecule has 0 heterocycles. The molecule has 2 amide bonds. The number of carbonyl (C=O) groups excluding carboxylic acids is 1. The van der Waals surface area contributed by atoms with Crippen LogP contribution in [-0.2, 0) is 4.74 Å². The molecular formula is C10H22N2O3. The van der Waals surface area contributed by atoms with Crippen molar-refractivity contribution in [2.45, 2.75) is 32.2 Å². The molecule has 0 aromatic heterocycles. The second-order valence-corrected chi connectivity index (χ2v) is 3.76. The Kier molecular flexibility index (Phi) is 7.07. The largest absolute Gasteiger partial charge is 0.396 e. The van der Waals surface area contributed by atoms with Gasteiger partial charge in [-0.2, -0.15) is 0 Å². The van der Waals surface area contributed by atoms with Crippen molar-refractivity contribution in [2.24, 2.45) is 0 Å². The zero-order chi connectivity index (χ0) is 11.7. The highest BCUT2D eigenvalue weighted by Crippen LogP contribution is 2.13. The van der Waals surface area contributed by atoms with Crippen molar-refractivity contribution in [3.05, 3.63) is 0 Å². The molecule has 3 N–H and O–H groups in total. The monoisotopic (exact) mass is 218 g/mol. The maximum atomic E-state index is 11.4. The predicted octanol–water partition coefficient (Wildman–Crippen LogP) is 0.483. The van der Waals surface area contributed by atoms with E-state index in [2.05, 4.69) is 10.6 Å². The Balaban J connectivity index is 3.90. The quantitative estimate of drug-likeness (QED) is 0.544. The highest BCUT2D eigenvalue weighted by molar-refractivity contribution is 5.74. The van der Waals surface area contributed by atoms with E-state index in [9.17, 15) is 4.79 Å². The average molecular weight is 218 g/mol. The van der Waals surface area contributed by atoms with Gasteiger partial charge in [0, 0.05) is 25.8 Å². The Morgan fingerprint density at radius 3 is 2.67 bits per heavy atom. The summed E-state index contributed by atoms with van der Waals surface area (Å²) in [5.74, 6) is 0. The third kappa shape index (κ3) is 6.30. The SMILES string of the molecule is CC[C@](C)(CCO)NC(=O)NCCOC. The molecule has 0 fully saturated rings. The number of carbonyl (C=O) groups is 1. The first-order valence-corrected chi connectivity index (χ1v) is 5.24. The summed E-state index contributed by atoms with van der Waals surface area (Å²) in [7, 11) is 1.58. The van der Waals surface area contributed by atoms with Gasteiger partial charge in [-0.3, -0.25) is 0 Å². The van der Waals surface area contributed by atoms with E-state index in [4.69, 9.17) is 9.84 Å². The van der Waals surface area contributed by atoms with Gasteiger partial charge in [-0.1, -0.05) is 6.92 Å². The summed E-state index contributed by atoms with van der Waals surface area (Å²) in [6, 6.07) is -0.218. The van der Waals surface area contributed by atoms with E-state index in [-0.39, 0.29) is 18.2 Å². The topological polar surface area (TPSA) is 70.6 Å². The van der Waals surface area contributed by atoms with Gasteiger partial charge in [-0.15, -0.1) is 0 Å². The van der Waals surface area contributed by atoms with Crippen molar-refractivity contribution in [1.29, 1.82) is 0 Å². The van der Waals surface area contributed by atoms with Crippen molar-refractivity contribution in [2.75, 3.05) is 26.9 Å². The molecule has 0 aliphatic carbocycles. The number of methoxy groups -OCH3 is 1. The molecule has 0 aromatic rings. The van der Waals surface area contributed by atoms with Crippen LogP contribution in [0.15, 0.2) is 0 Å². The van der Waals surface area contributed by atoms with Crippen molar-refractivity contribution in [1.82, 2.24) is 10.6 Å². The van der Waals surface area contributed by atoms with Gasteiger partial charge in [0.1, 0.15) is 0 Å². The minimum Gasteiger partial charge on any atom is -0.396 e. The fourth-order valence-corrected chi connectivity index (χ4v) is 1.16. The van der Waals surface area contributed by atoms with Gasteiger partial charge in [0.05, 0.1) is 6.61 Å². The van der Waals surface area contributed by atoms with Crippen molar-refractivity contribution in [3.63, 3.8) is 0 Å². The Bertz CT molecular complexity index is 188. The molecule has 0 aromatic carbocycles. The third-order valence-electron chi connectivity index (χ3n) is 2.45. The molecule has 0 saturated carbocycles. The number of hydrogen-bond donors (Lipinski definition) is 3. The standard InChI is InChI=1S/C10H22N2O3/c1-4-10(2,5-7-13)12-9(14)11-6-8-15-3/h13H,4-8H2,1-3H3,(H2,11,12,14)/t10-/m1/s1. The van der Waals surface area contributed by atoms with Crippen molar-refractivity contribution in [3.8, 4) is 0 Å². The minimum atomic E-state index is -0.341. The lowest BCUT2D eigenvalue weighted by Gasteiger charge is -2.28. The van der Waals surface area contributed by atoms with Gasteiger partial charge in [-0.05, 0) is 19.8 Å². The molecule has 0 aliphatic heterocycles. The fraction of sp³-hybridized carbons (Fsp3) is 0.900. The molecule has 1 atom stereocenters. The minimum absolute atomic E-state index is 0.0721. The Morgan fingerprint density at radius 2 is 2.20 bits per heavy atom. The number of hydrogen-bond acceptors (Lipinski definition) is 3. The molecule has 0 bridgehead atoms. The fourth-order valence-electron chi connectivity index (χ4n) is 1.16. The van der Waals surface area contributed by atoms with Crippen LogP contribution >= 0.6 is 0 Å². The summed E-state index contributed by atoms with van der Waals surface area (Å²) in [5.41, 5.74) is -0.341. The van der Waals surface area contributed by atoms with E-state index in [0.29, 0.717) is 19.6 Å². The number of ether oxygens (including phenoxy) is 1. The van der Waals surface area contributed by atoms with Crippen molar-refractivity contribution >= 4 is 6.03 Å². The highest BCUT2D eigenvalue weighted by Gasteiger charge is 2.23. The second-order valence-electron chi connectivity index (χ2n) is 3.76. The predicted molar refractivity (Wildman–Crippen MR) is 58.8 cm³/mol. The van der Waals surface area contributed by atoms with Crippen LogP contribution < -0.4 is 10.6 Å². The first-order valence-electron chi connectivity index (χ1n) is 5.24. The Morgan fingerprint density at radius 1 is 1.53 bits per heavy atom. The van der Waals surface area contributed by atoms with Gasteiger partial charge in [0.2, 0.25) is 0 Å². The van der Waals surface area contributed by atoms with Gasteiger partial charge >= 0.3 is 6.03 Å². The number of rotatable bonds is 7. The molecule has 5 nitrogen and oxygen atoms in total. The van der Waals surface area contributed by atoms with Crippen LogP contribution in [-0.4, -0.2) is 43.5 Å². The molecule has 15 heavy (non-hydrogen) atoms. The van der Waals surface area contributed by atoms with Crippen LogP contribution in [0.25, 0.3) is 0 Å². The molecule has 0 unspecified atom stereocenters. The number of amides is 2. The third-order valence-corrected chi connectivity index (χ3v) is 2.45. The lowest BCUT2D eigenvalue weighted by molar-refractivity contribution is 0.186. The molecule has 0 saturated heterocycles. The molecule has 0 spiro atoms. The number of aliphatic hydroxyl groups excluding tert-OH is 1. The van der Waals surface area contributed by atoms with Crippen LogP contribution in [0.1, 0.15) is 26.7 Å². The van der Waals surface area contributed by atoms with E-state index >= 15 is 0 Å². The van der Waals surface area contributed by atoms with Crippen LogP contribution in [0, 0.1) is 0 Å². The maximum Gasteiger partial charge on any atom is 0.315 e. The second kappa shape index (κ2) is 7.48. The van der Waals surface area contributed by atoms with Gasteiger partial charge in [-0.25, -0.2) is 4.79 Å². The van der Waals surface area contributed by atoms with Crippen LogP contribution in [0.5, 0.6) is 0 Å². The van der Waals surface area contributed by atoms with E-state index in [1.54, 1.807) is 7.11 Å². The van der Waals surface area contributed by atoms with Gasteiger partial charge in [0.25, 0.3) is 0 Å². The summed E-state index contributed by atoms with van der Waals surface area (Å²) >= 11 is 0. The number of urea groups is 1. The summed E-state index contributed by atoms with van der Waals surface area (Å²) in [4.78, 5) is 11.4. The molecule has 5 heteroatoms. The van der Waals surface area contributed by atoms with Crippen molar-refractivity contribution < 1.29 is 14.6 Å². The normalized spacial score (nSPS) is 14.4. The van der Waals surface area contributed by atoms with Gasteiger partial charge < -0.3 is 20.5 Å². The number of aliphatic hydroxyl groups is 1. The van der Waals surface area contributed by atoms with Crippen LogP contribution in [0.4, 0.5) is 4.79 Å². The lowest BCUT2D eigenvalue weighted by Crippen LogP contribution is -2.50. The molecule has 90 valence electrons. The molecule has 0 aliphatic rings. The van der Waals surface area contributed by atoms with E-state index < -0.39 is 0 Å². The number of nitrogens with one attached hydrogen (secondary N) is 2. The highest BCUT2D eigenvalue weighted by atomic mass is 16.5. The Labute approximate surface area is 91.2 Å². The smallest absolute Gasteiger partial charge is 0.315 e. The molecular weight excluding hydrogens is 196 g/mol. The van der Waals surface area contributed by atoms with Gasteiger partial charge in [0.15, 0.2) is 0 Å². The van der Waals surface area contributed by atoms with E-state index in [1.807, 2.05) is 13.8 Å². The zero-order valence-electron chi connectivity index (χ0n) is 9.80. The lowest BCUT2D eigenvalue weighted by atomic mass is 9.95. The van der Waals surface area contributed by atoms with Crippen LogP contribution in [0.3, 0.4) is 0 Å². The molecule has 0 rings (SSSR count). The zero-order valence-corrected chi connectivity index (χ0v) is 9.80. The van der Waals surface area contributed by atoms with Crippen LogP contribution in [0.2, 0.25) is 0 Å². The summed E-state index contributed by atoms with van der Waals surface area (Å²) < 4.78 is 4.81. The van der Waals surface area contributed by atoms with E-state index in [1.165, 1.54) is 0 Å². The first-order chi connectivity index (χ1) is 7.08.